The van der Waals surface area contributed by atoms with Gasteiger partial charge in [0, 0.05) is 32.1 Å². The van der Waals surface area contributed by atoms with Gasteiger partial charge in [0.2, 0.25) is 0 Å². The van der Waals surface area contributed by atoms with Crippen LogP contribution in [0.3, 0.4) is 0 Å². The number of benzene rings is 1. The second-order valence-electron chi connectivity index (χ2n) is 7.61. The molecule has 0 aliphatic carbocycles. The number of aromatic nitrogens is 6. The first-order valence-electron chi connectivity index (χ1n) is 10.6. The minimum Gasteiger partial charge on any atom is -0.362 e. The van der Waals surface area contributed by atoms with Crippen LogP contribution in [0.5, 0.6) is 0 Å². The number of nitrogens with one attached hydrogen (secondary N) is 3. The Kier molecular flexibility index (Phi) is 6.00. The number of pyridine rings is 1. The lowest BCUT2D eigenvalue weighted by molar-refractivity contribution is 0.670. The lowest BCUT2D eigenvalue weighted by Crippen LogP contribution is -2.20. The van der Waals surface area contributed by atoms with Crippen molar-refractivity contribution in [1.82, 2.24) is 35.2 Å². The predicted octanol–water partition coefficient (Wildman–Crippen LogP) is 3.65. The summed E-state index contributed by atoms with van der Waals surface area (Å²) in [6.07, 6.45) is 5.08. The molecule has 0 amide bonds. The number of hydrogen-bond acceptors (Lipinski definition) is 8. The van der Waals surface area contributed by atoms with E-state index in [1.165, 1.54) is 5.56 Å². The Morgan fingerprint density at radius 2 is 1.94 bits per heavy atom. The largest absolute Gasteiger partial charge is 0.362 e. The second-order valence-corrected chi connectivity index (χ2v) is 8.67. The molecule has 0 saturated heterocycles. The SMILES string of the molecule is Cc1ccc2nc(CCNCCc3nc4c(NCc5ccccn5)ncnc4s3)[nH]c2c1. The van der Waals surface area contributed by atoms with Crippen LogP contribution in [-0.4, -0.2) is 43.0 Å². The summed E-state index contributed by atoms with van der Waals surface area (Å²) >= 11 is 1.62. The second kappa shape index (κ2) is 9.37. The van der Waals surface area contributed by atoms with E-state index in [0.29, 0.717) is 6.54 Å². The fraction of sp³-hybridized carbons (Fsp3) is 0.261. The van der Waals surface area contributed by atoms with Crippen LogP contribution in [0.25, 0.3) is 21.4 Å². The molecule has 0 fully saturated rings. The van der Waals surface area contributed by atoms with E-state index < -0.39 is 0 Å². The quantitative estimate of drug-likeness (QED) is 0.298. The summed E-state index contributed by atoms with van der Waals surface area (Å²) < 4.78 is 0. The van der Waals surface area contributed by atoms with E-state index in [2.05, 4.69) is 60.7 Å². The molecule has 162 valence electrons. The van der Waals surface area contributed by atoms with Crippen molar-refractivity contribution in [2.24, 2.45) is 0 Å². The number of aryl methyl sites for hydroxylation is 1. The van der Waals surface area contributed by atoms with Gasteiger partial charge in [0.1, 0.15) is 22.5 Å². The van der Waals surface area contributed by atoms with E-state index in [0.717, 1.165) is 69.7 Å². The van der Waals surface area contributed by atoms with Crippen LogP contribution in [0.2, 0.25) is 0 Å². The van der Waals surface area contributed by atoms with E-state index >= 15 is 0 Å². The highest BCUT2D eigenvalue weighted by Gasteiger charge is 2.11. The van der Waals surface area contributed by atoms with Gasteiger partial charge in [0.25, 0.3) is 0 Å². The number of H-pyrrole nitrogens is 1. The van der Waals surface area contributed by atoms with E-state index in [1.54, 1.807) is 23.9 Å². The average molecular weight is 445 g/mol. The molecule has 9 heteroatoms. The number of imidazole rings is 1. The number of aromatic amines is 1. The van der Waals surface area contributed by atoms with Crippen LogP contribution in [0.15, 0.2) is 48.9 Å². The van der Waals surface area contributed by atoms with Crippen LogP contribution < -0.4 is 10.6 Å². The third-order valence-corrected chi connectivity index (χ3v) is 6.17. The lowest BCUT2D eigenvalue weighted by atomic mass is 10.2. The maximum Gasteiger partial charge on any atom is 0.157 e. The zero-order chi connectivity index (χ0) is 21.8. The third kappa shape index (κ3) is 4.74. The molecule has 8 nitrogen and oxygen atoms in total. The van der Waals surface area contributed by atoms with Gasteiger partial charge in [0.05, 0.1) is 28.3 Å². The van der Waals surface area contributed by atoms with Crippen LogP contribution in [0.1, 0.15) is 22.1 Å². The maximum atomic E-state index is 4.77. The molecule has 5 rings (SSSR count). The predicted molar refractivity (Wildman–Crippen MR) is 128 cm³/mol. The highest BCUT2D eigenvalue weighted by Crippen LogP contribution is 2.25. The number of thiazole rings is 1. The molecule has 1 aromatic carbocycles. The van der Waals surface area contributed by atoms with E-state index in [9.17, 15) is 0 Å². The van der Waals surface area contributed by atoms with Gasteiger partial charge in [0.15, 0.2) is 5.82 Å². The number of anilines is 1. The van der Waals surface area contributed by atoms with Crippen LogP contribution in [0.4, 0.5) is 5.82 Å². The number of nitrogens with zero attached hydrogens (tertiary/aromatic N) is 5. The van der Waals surface area contributed by atoms with Gasteiger partial charge in [-0.3, -0.25) is 4.98 Å². The van der Waals surface area contributed by atoms with Crippen molar-refractivity contribution in [3.63, 3.8) is 0 Å². The van der Waals surface area contributed by atoms with Crippen molar-refractivity contribution in [2.75, 3.05) is 18.4 Å². The molecule has 0 radical (unpaired) electrons. The fourth-order valence-corrected chi connectivity index (χ4v) is 4.44. The highest BCUT2D eigenvalue weighted by molar-refractivity contribution is 7.18. The fourth-order valence-electron chi connectivity index (χ4n) is 3.53. The Morgan fingerprint density at radius 3 is 2.84 bits per heavy atom. The Balaban J connectivity index is 1.14. The molecule has 3 N–H and O–H groups in total. The van der Waals surface area contributed by atoms with Crippen molar-refractivity contribution in [2.45, 2.75) is 26.3 Å². The minimum atomic E-state index is 0.600. The average Bonchev–Trinajstić information content (AvgIpc) is 3.41. The summed E-state index contributed by atoms with van der Waals surface area (Å²) in [4.78, 5) is 26.8. The maximum absolute atomic E-state index is 4.77. The van der Waals surface area contributed by atoms with Gasteiger partial charge in [-0.1, -0.05) is 23.5 Å². The van der Waals surface area contributed by atoms with Gasteiger partial charge in [-0.05, 0) is 36.8 Å². The van der Waals surface area contributed by atoms with Gasteiger partial charge < -0.3 is 15.6 Å². The smallest absolute Gasteiger partial charge is 0.157 e. The van der Waals surface area contributed by atoms with E-state index in [4.69, 9.17) is 4.98 Å². The standard InChI is InChI=1S/C23H24N8S/c1-15-5-6-17-18(12-15)30-19(29-17)7-10-24-11-8-20-31-21-22(27-14-28-23(21)32-20)26-13-16-4-2-3-9-25-16/h2-6,9,12,14,24H,7-8,10-11,13H2,1H3,(H,29,30)(H,26,27,28). The van der Waals surface area contributed by atoms with Crippen LogP contribution in [0, 0.1) is 6.92 Å². The van der Waals surface area contributed by atoms with E-state index in [-0.39, 0.29) is 0 Å². The summed E-state index contributed by atoms with van der Waals surface area (Å²) in [5.74, 6) is 1.76. The lowest BCUT2D eigenvalue weighted by Gasteiger charge is -2.04. The Morgan fingerprint density at radius 1 is 1.00 bits per heavy atom. The molecule has 4 aromatic heterocycles. The summed E-state index contributed by atoms with van der Waals surface area (Å²) in [6.45, 7) is 4.40. The number of hydrogen-bond donors (Lipinski definition) is 3. The first-order valence-corrected chi connectivity index (χ1v) is 11.5. The molecule has 0 aliphatic rings. The topological polar surface area (TPSA) is 104 Å². The Hall–Kier alpha value is -3.43. The van der Waals surface area contributed by atoms with Gasteiger partial charge >= 0.3 is 0 Å². The molecule has 0 unspecified atom stereocenters. The van der Waals surface area contributed by atoms with Gasteiger partial charge in [-0.25, -0.2) is 19.9 Å². The third-order valence-electron chi connectivity index (χ3n) is 5.14. The molecule has 5 aromatic rings. The first-order chi connectivity index (χ1) is 15.7. The summed E-state index contributed by atoms with van der Waals surface area (Å²) in [6, 6.07) is 12.2. The molecule has 0 bridgehead atoms. The monoisotopic (exact) mass is 444 g/mol. The number of fused-ring (bicyclic) bond motifs is 2. The zero-order valence-electron chi connectivity index (χ0n) is 17.8. The minimum absolute atomic E-state index is 0.600. The van der Waals surface area contributed by atoms with Crippen LogP contribution >= 0.6 is 11.3 Å². The van der Waals surface area contributed by atoms with Crippen molar-refractivity contribution in [1.29, 1.82) is 0 Å². The summed E-state index contributed by atoms with van der Waals surface area (Å²) in [5, 5.41) is 7.87. The summed E-state index contributed by atoms with van der Waals surface area (Å²) in [5.41, 5.74) is 5.14. The van der Waals surface area contributed by atoms with Gasteiger partial charge in [-0.2, -0.15) is 0 Å². The highest BCUT2D eigenvalue weighted by atomic mass is 32.1. The zero-order valence-corrected chi connectivity index (χ0v) is 18.6. The molecular weight excluding hydrogens is 420 g/mol. The van der Waals surface area contributed by atoms with Crippen molar-refractivity contribution in [3.05, 3.63) is 71.0 Å². The Labute approximate surface area is 189 Å². The summed E-state index contributed by atoms with van der Waals surface area (Å²) in [7, 11) is 0. The van der Waals surface area contributed by atoms with Crippen LogP contribution in [-0.2, 0) is 19.4 Å². The molecule has 0 saturated carbocycles. The normalized spacial score (nSPS) is 11.4. The van der Waals surface area contributed by atoms with Gasteiger partial charge in [-0.15, -0.1) is 0 Å². The molecule has 0 aliphatic heterocycles. The molecule has 32 heavy (non-hydrogen) atoms. The van der Waals surface area contributed by atoms with Crippen molar-refractivity contribution < 1.29 is 0 Å². The van der Waals surface area contributed by atoms with E-state index in [1.807, 2.05) is 18.2 Å². The van der Waals surface area contributed by atoms with Crippen molar-refractivity contribution >= 4 is 38.5 Å². The van der Waals surface area contributed by atoms with Crippen molar-refractivity contribution in [3.8, 4) is 0 Å². The molecule has 4 heterocycles. The molecule has 0 spiro atoms. The molecular formula is C23H24N8S. The number of rotatable bonds is 9. The molecule has 0 atom stereocenters. The first kappa shape index (κ1) is 20.5. The Bertz CT molecular complexity index is 1330.